The number of nitrogens with zero attached hydrogens (tertiary/aromatic N) is 6. The highest BCUT2D eigenvalue weighted by Crippen LogP contribution is 2.37. The van der Waals surface area contributed by atoms with Gasteiger partial charge >= 0.3 is 30.5 Å². The zero-order chi connectivity index (χ0) is 66.3. The van der Waals surface area contributed by atoms with Gasteiger partial charge in [0.25, 0.3) is 0 Å². The van der Waals surface area contributed by atoms with Gasteiger partial charge in [0.1, 0.15) is 28.0 Å². The van der Waals surface area contributed by atoms with E-state index in [1.807, 2.05) is 117 Å². The Kier molecular flexibility index (Phi) is 29.5. The molecule has 19 heteroatoms. The number of likely N-dealkylation sites (tertiary alicyclic amines) is 3. The molecular weight excluding hydrogens is 1140 g/mol. The van der Waals surface area contributed by atoms with Gasteiger partial charge in [-0.3, -0.25) is 0 Å². The van der Waals surface area contributed by atoms with Crippen LogP contribution in [0.4, 0.5) is 24.0 Å². The third kappa shape index (κ3) is 23.8. The van der Waals surface area contributed by atoms with Crippen LogP contribution in [-0.2, 0) is 23.7 Å². The summed E-state index contributed by atoms with van der Waals surface area (Å²) in [5.41, 5.74) is 0.474. The Morgan fingerprint density at radius 1 is 0.533 bits per heavy atom. The smallest absolute Gasteiger partial charge is 0.420 e. The Morgan fingerprint density at radius 2 is 1.00 bits per heavy atom. The quantitative estimate of drug-likeness (QED) is 0.161. The van der Waals surface area contributed by atoms with E-state index in [1.54, 1.807) is 14.7 Å². The van der Waals surface area contributed by atoms with E-state index in [0.717, 1.165) is 93.6 Å². The van der Waals surface area contributed by atoms with Gasteiger partial charge in [-0.15, -0.1) is 0 Å². The maximum Gasteiger partial charge on any atom is 0.420 e. The number of rotatable bonds is 10. The van der Waals surface area contributed by atoms with Gasteiger partial charge < -0.3 is 58.6 Å². The number of aromatic nitrogens is 2. The van der Waals surface area contributed by atoms with E-state index >= 15 is 0 Å². The average Bonchev–Trinajstić information content (AvgIpc) is 1.63. The molecule has 4 amide bonds. The van der Waals surface area contributed by atoms with Crippen LogP contribution in [0.1, 0.15) is 244 Å². The number of amides is 4. The number of benzene rings is 2. The van der Waals surface area contributed by atoms with Crippen molar-refractivity contribution in [1.29, 1.82) is 0 Å². The molecule has 3 aliphatic carbocycles. The summed E-state index contributed by atoms with van der Waals surface area (Å²) >= 11 is 0. The Hall–Kier alpha value is -5.66. The number of imidazole rings is 1. The summed E-state index contributed by atoms with van der Waals surface area (Å²) in [6.45, 7) is 28.4. The highest BCUT2D eigenvalue weighted by atomic mass is 16.6. The first-order valence-corrected chi connectivity index (χ1v) is 34.3. The number of hydrogen-bond donors (Lipinski definition) is 3. The molecule has 3 aliphatic heterocycles. The molecule has 3 N–H and O–H groups in total. The van der Waals surface area contributed by atoms with Gasteiger partial charge in [-0.25, -0.2) is 33.5 Å². The summed E-state index contributed by atoms with van der Waals surface area (Å²) < 4.78 is 29.4. The number of ether oxygens (including phenoxy) is 5. The summed E-state index contributed by atoms with van der Waals surface area (Å²) in [6.07, 6.45) is 22.9. The molecule has 508 valence electrons. The molecule has 6 aliphatic rings. The third-order valence-electron chi connectivity index (χ3n) is 18.1. The van der Waals surface area contributed by atoms with Gasteiger partial charge in [0.2, 0.25) is 0 Å². The molecule has 19 nitrogen and oxygen atoms in total. The minimum Gasteiger partial charge on any atom is -0.444 e. The van der Waals surface area contributed by atoms with Gasteiger partial charge in [-0.2, -0.15) is 0 Å². The molecule has 9 rings (SSSR count). The van der Waals surface area contributed by atoms with Crippen molar-refractivity contribution in [3.63, 3.8) is 0 Å². The molecule has 0 radical (unpaired) electrons. The lowest BCUT2D eigenvalue weighted by Crippen LogP contribution is -2.50. The van der Waals surface area contributed by atoms with Crippen LogP contribution in [0.25, 0.3) is 22.4 Å². The van der Waals surface area contributed by atoms with E-state index in [1.165, 1.54) is 55.9 Å². The van der Waals surface area contributed by atoms with Crippen LogP contribution in [0.3, 0.4) is 0 Å². The SMILES string of the molecule is CC(C)(C)OC(=O)N(C1CCCCC1)C1CCCCC1.CC(C)(C)OC(=O)N1CCCC1CO.CC(C)(C)OC(=O)n1c(-c2ccccc2)nc2ccccc21.CCC(CC)(CC)OC(=O)N1CCC(O)CC1.CCC1(OC(=O)N2CCC(O)CC2)CCCC1. The highest BCUT2D eigenvalue weighted by Gasteiger charge is 2.39. The van der Waals surface area contributed by atoms with Gasteiger partial charge in [-0.1, -0.05) is 109 Å². The number of aliphatic hydroxyl groups excluding tert-OH is 3. The van der Waals surface area contributed by atoms with Crippen molar-refractivity contribution in [2.45, 2.75) is 302 Å². The van der Waals surface area contributed by atoms with E-state index < -0.39 is 22.9 Å². The Bertz CT molecular complexity index is 2560. The molecule has 3 saturated carbocycles. The summed E-state index contributed by atoms with van der Waals surface area (Å²) in [5.74, 6) is 0.594. The molecule has 3 aromatic rings. The molecule has 0 spiro atoms. The minimum absolute atomic E-state index is 0.0270. The van der Waals surface area contributed by atoms with Gasteiger partial charge in [0.05, 0.1) is 35.9 Å². The summed E-state index contributed by atoms with van der Waals surface area (Å²) in [7, 11) is 0. The minimum atomic E-state index is -0.559. The van der Waals surface area contributed by atoms with Crippen molar-refractivity contribution in [1.82, 2.24) is 29.2 Å². The van der Waals surface area contributed by atoms with Crippen LogP contribution in [0, 0.1) is 0 Å². The van der Waals surface area contributed by atoms with Crippen molar-refractivity contribution in [2.24, 2.45) is 0 Å². The Balaban J connectivity index is 0.000000206. The molecule has 2 aromatic carbocycles. The first-order chi connectivity index (χ1) is 42.6. The van der Waals surface area contributed by atoms with Gasteiger partial charge in [0, 0.05) is 50.4 Å². The standard InChI is InChI=1S/C18H18N2O2.C17H31NO2.C13H23NO3.C13H25NO3.C10H19NO3/c1-18(2,3)22-17(21)20-15-12-8-7-11-14(15)19-16(20)13-9-5-4-6-10-13;1-17(2,3)20-16(19)18(14-10-6-4-7-11-14)15-12-8-5-9-13-15;1-2-13(7-3-4-8-13)17-12(16)14-9-5-11(15)6-10-14;1-4-13(5-2,6-3)17-12(16)14-9-7-11(15)8-10-14;1-10(2,3)14-9(13)11-6-4-5-8(11)7-12/h4-12H,1-3H3;14-15H,4-13H2,1-3H3;11,15H,2-10H2,1H3;11,15H,4-10H2,1-3H3;8,12H,4-7H2,1-3H3. The number of para-hydroxylation sites is 2. The number of fused-ring (bicyclic) bond motifs is 1. The Labute approximate surface area is 539 Å². The molecule has 6 fully saturated rings. The monoisotopic (exact) mass is 1260 g/mol. The zero-order valence-corrected chi connectivity index (χ0v) is 57.4. The number of aliphatic hydroxyl groups is 3. The summed E-state index contributed by atoms with van der Waals surface area (Å²) in [4.78, 5) is 72.8. The normalized spacial score (nSPS) is 19.5. The van der Waals surface area contributed by atoms with E-state index in [0.29, 0.717) is 76.3 Å². The third-order valence-corrected chi connectivity index (χ3v) is 18.1. The van der Waals surface area contributed by atoms with Crippen LogP contribution in [0.15, 0.2) is 54.6 Å². The highest BCUT2D eigenvalue weighted by molar-refractivity contribution is 5.92. The summed E-state index contributed by atoms with van der Waals surface area (Å²) in [6, 6.07) is 18.0. The molecule has 0 bridgehead atoms. The van der Waals surface area contributed by atoms with Crippen molar-refractivity contribution in [3.8, 4) is 11.4 Å². The fourth-order valence-corrected chi connectivity index (χ4v) is 12.6. The molecular formula is C71H116N6O13. The van der Waals surface area contributed by atoms with Crippen LogP contribution in [0.2, 0.25) is 0 Å². The molecule has 1 unspecified atom stereocenters. The predicted molar refractivity (Wildman–Crippen MR) is 353 cm³/mol. The predicted octanol–water partition coefficient (Wildman–Crippen LogP) is 15.6. The van der Waals surface area contributed by atoms with Crippen LogP contribution in [0.5, 0.6) is 0 Å². The maximum absolute atomic E-state index is 12.7. The van der Waals surface area contributed by atoms with E-state index in [-0.39, 0.29) is 60.4 Å². The second kappa shape index (κ2) is 35.4. The number of piperidine rings is 2. The van der Waals surface area contributed by atoms with E-state index in [4.69, 9.17) is 28.8 Å². The molecule has 90 heavy (non-hydrogen) atoms. The van der Waals surface area contributed by atoms with E-state index in [2.05, 4.69) is 37.6 Å². The lowest BCUT2D eigenvalue weighted by Gasteiger charge is -2.42. The first kappa shape index (κ1) is 75.1. The maximum atomic E-state index is 12.7. The second-order valence-corrected chi connectivity index (χ2v) is 28.4. The van der Waals surface area contributed by atoms with Crippen molar-refractivity contribution < 1.29 is 63.0 Å². The lowest BCUT2D eigenvalue weighted by atomic mass is 9.89. The lowest BCUT2D eigenvalue weighted by molar-refractivity contribution is -0.0260. The number of hydrogen-bond acceptors (Lipinski definition) is 14. The van der Waals surface area contributed by atoms with Crippen LogP contribution in [-0.4, -0.2) is 173 Å². The van der Waals surface area contributed by atoms with Crippen molar-refractivity contribution in [2.75, 3.05) is 39.3 Å². The van der Waals surface area contributed by atoms with Crippen LogP contribution < -0.4 is 0 Å². The molecule has 4 heterocycles. The van der Waals surface area contributed by atoms with Gasteiger partial charge in [-0.05, 0) is 190 Å². The van der Waals surface area contributed by atoms with Gasteiger partial charge in [0.15, 0.2) is 5.82 Å². The zero-order valence-electron chi connectivity index (χ0n) is 57.4. The fourth-order valence-electron chi connectivity index (χ4n) is 12.6. The van der Waals surface area contributed by atoms with Crippen molar-refractivity contribution >= 4 is 41.5 Å². The topological polar surface area (TPSA) is 223 Å². The molecule has 1 atom stereocenters. The Morgan fingerprint density at radius 3 is 1.47 bits per heavy atom. The van der Waals surface area contributed by atoms with E-state index in [9.17, 15) is 34.2 Å². The van der Waals surface area contributed by atoms with Crippen LogP contribution >= 0.6 is 0 Å². The number of carbonyl (C=O) groups is 5. The first-order valence-electron chi connectivity index (χ1n) is 34.3. The fraction of sp³-hybridized carbons (Fsp3) is 0.746. The summed E-state index contributed by atoms with van der Waals surface area (Å²) in [5, 5.41) is 27.8. The largest absolute Gasteiger partial charge is 0.444 e. The number of carbonyl (C=O) groups excluding carboxylic acids is 5. The average molecular weight is 1260 g/mol. The molecule has 1 aromatic heterocycles. The second-order valence-electron chi connectivity index (χ2n) is 28.4. The van der Waals surface area contributed by atoms with Crippen molar-refractivity contribution in [3.05, 3.63) is 54.6 Å². The molecule has 3 saturated heterocycles.